The lowest BCUT2D eigenvalue weighted by molar-refractivity contribution is 0.0951. The molecule has 122 valence electrons. The molecule has 0 atom stereocenters. The van der Waals surface area contributed by atoms with E-state index in [1.807, 2.05) is 25.1 Å². The second-order valence-electron chi connectivity index (χ2n) is 6.42. The van der Waals surface area contributed by atoms with Crippen molar-refractivity contribution in [3.8, 4) is 0 Å². The lowest BCUT2D eigenvalue weighted by Gasteiger charge is -2.30. The van der Waals surface area contributed by atoms with Gasteiger partial charge in [-0.15, -0.1) is 0 Å². The Labute approximate surface area is 148 Å². The predicted molar refractivity (Wildman–Crippen MR) is 100 cm³/mol. The van der Waals surface area contributed by atoms with E-state index in [0.29, 0.717) is 0 Å². The van der Waals surface area contributed by atoms with Crippen molar-refractivity contribution in [2.24, 2.45) is 5.92 Å². The van der Waals surface area contributed by atoms with Crippen molar-refractivity contribution in [2.45, 2.75) is 39.5 Å². The van der Waals surface area contributed by atoms with Crippen LogP contribution in [0.1, 0.15) is 48.5 Å². The average Bonchev–Trinajstić information content (AvgIpc) is 2.51. The molecule has 0 radical (unpaired) electrons. The molecule has 1 aliphatic heterocycles. The zero-order valence-corrected chi connectivity index (χ0v) is 15.9. The Bertz CT molecular complexity index is 496. The first-order valence-corrected chi connectivity index (χ1v) is 9.41. The van der Waals surface area contributed by atoms with Crippen LogP contribution in [0.5, 0.6) is 0 Å². The molecule has 1 aromatic carbocycles. The van der Waals surface area contributed by atoms with E-state index in [0.717, 1.165) is 33.6 Å². The summed E-state index contributed by atoms with van der Waals surface area (Å²) in [6, 6.07) is 5.89. The van der Waals surface area contributed by atoms with Crippen LogP contribution in [0.15, 0.2) is 18.2 Å². The second-order valence-corrected chi connectivity index (χ2v) is 7.50. The molecule has 1 amide bonds. The molecule has 1 N–H and O–H groups in total. The molecule has 1 saturated heterocycles. The Morgan fingerprint density at radius 1 is 1.32 bits per heavy atom. The molecule has 22 heavy (non-hydrogen) atoms. The number of amides is 1. The van der Waals surface area contributed by atoms with Crippen molar-refractivity contribution in [3.63, 3.8) is 0 Å². The van der Waals surface area contributed by atoms with Crippen molar-refractivity contribution < 1.29 is 4.79 Å². The van der Waals surface area contributed by atoms with Crippen LogP contribution in [-0.2, 0) is 0 Å². The van der Waals surface area contributed by atoms with Gasteiger partial charge in [0.05, 0.1) is 5.56 Å². The lowest BCUT2D eigenvalue weighted by atomic mass is 9.99. The summed E-state index contributed by atoms with van der Waals surface area (Å²) in [6.45, 7) is 8.82. The van der Waals surface area contributed by atoms with Crippen LogP contribution in [0.4, 0.5) is 0 Å². The maximum Gasteiger partial charge on any atom is 0.252 e. The van der Waals surface area contributed by atoms with Gasteiger partial charge in [0.1, 0.15) is 0 Å². The summed E-state index contributed by atoms with van der Waals surface area (Å²) in [5.41, 5.74) is 1.96. The van der Waals surface area contributed by atoms with Gasteiger partial charge in [0.2, 0.25) is 0 Å². The van der Waals surface area contributed by atoms with Crippen LogP contribution in [0, 0.1) is 16.4 Å². The summed E-state index contributed by atoms with van der Waals surface area (Å²) >= 11 is 2.25. The highest BCUT2D eigenvalue weighted by Gasteiger charge is 2.15. The molecule has 1 heterocycles. The highest BCUT2D eigenvalue weighted by Crippen LogP contribution is 2.17. The molecule has 1 aliphatic rings. The van der Waals surface area contributed by atoms with Crippen LogP contribution >= 0.6 is 22.6 Å². The Morgan fingerprint density at radius 2 is 2.05 bits per heavy atom. The van der Waals surface area contributed by atoms with Gasteiger partial charge in [-0.25, -0.2) is 0 Å². The van der Waals surface area contributed by atoms with Crippen LogP contribution in [-0.4, -0.2) is 37.0 Å². The van der Waals surface area contributed by atoms with E-state index in [9.17, 15) is 4.79 Å². The van der Waals surface area contributed by atoms with Crippen LogP contribution < -0.4 is 5.32 Å². The monoisotopic (exact) mass is 414 g/mol. The smallest absolute Gasteiger partial charge is 0.252 e. The minimum Gasteiger partial charge on any atom is -0.352 e. The fraction of sp³-hybridized carbons (Fsp3) is 0.611. The quantitative estimate of drug-likeness (QED) is 0.567. The number of unbranched alkanes of at least 4 members (excludes halogenated alkanes) is 1. The first kappa shape index (κ1) is 17.7. The van der Waals surface area contributed by atoms with Gasteiger partial charge in [0, 0.05) is 10.1 Å². The van der Waals surface area contributed by atoms with Crippen LogP contribution in [0.25, 0.3) is 0 Å². The summed E-state index contributed by atoms with van der Waals surface area (Å²) < 4.78 is 1.06. The van der Waals surface area contributed by atoms with E-state index < -0.39 is 0 Å². The van der Waals surface area contributed by atoms with Crippen molar-refractivity contribution in [1.29, 1.82) is 0 Å². The van der Waals surface area contributed by atoms with Crippen molar-refractivity contribution in [2.75, 3.05) is 26.2 Å². The van der Waals surface area contributed by atoms with Crippen LogP contribution in [0.3, 0.4) is 0 Å². The number of benzene rings is 1. The topological polar surface area (TPSA) is 32.3 Å². The van der Waals surface area contributed by atoms with Gasteiger partial charge >= 0.3 is 0 Å². The summed E-state index contributed by atoms with van der Waals surface area (Å²) in [4.78, 5) is 14.8. The molecule has 0 aliphatic carbocycles. The number of nitrogens with zero attached hydrogens (tertiary/aromatic N) is 1. The minimum absolute atomic E-state index is 0.0555. The van der Waals surface area contributed by atoms with E-state index >= 15 is 0 Å². The standard InChI is InChI=1S/C18H27IN2O/c1-14-8-12-21(13-9-14)11-4-3-10-20-18(22)16-7-5-6-15(2)17(16)19/h5-7,14H,3-4,8-13H2,1-2H3,(H,20,22). The molecular formula is C18H27IN2O. The van der Waals surface area contributed by atoms with Gasteiger partial charge in [-0.05, 0) is 92.4 Å². The highest BCUT2D eigenvalue weighted by atomic mass is 127. The SMILES string of the molecule is Cc1cccc(C(=O)NCCCCN2CCC(C)CC2)c1I. The number of hydrogen-bond acceptors (Lipinski definition) is 2. The van der Waals surface area contributed by atoms with Crippen molar-refractivity contribution in [1.82, 2.24) is 10.2 Å². The zero-order chi connectivity index (χ0) is 15.9. The molecule has 1 fully saturated rings. The van der Waals surface area contributed by atoms with Gasteiger partial charge in [-0.2, -0.15) is 0 Å². The van der Waals surface area contributed by atoms with E-state index in [2.05, 4.69) is 39.7 Å². The third-order valence-corrected chi connectivity index (χ3v) is 5.93. The molecule has 1 aromatic rings. The third kappa shape index (κ3) is 5.23. The fourth-order valence-corrected chi connectivity index (χ4v) is 3.47. The number of likely N-dealkylation sites (tertiary alicyclic amines) is 1. The van der Waals surface area contributed by atoms with Gasteiger partial charge in [0.25, 0.3) is 5.91 Å². The molecule has 0 bridgehead atoms. The fourth-order valence-electron chi connectivity index (χ4n) is 2.87. The molecule has 4 heteroatoms. The predicted octanol–water partition coefficient (Wildman–Crippen LogP) is 3.84. The number of aryl methyl sites for hydroxylation is 1. The number of rotatable bonds is 6. The largest absolute Gasteiger partial charge is 0.352 e. The Hall–Kier alpha value is -0.620. The summed E-state index contributed by atoms with van der Waals surface area (Å²) in [7, 11) is 0. The molecule has 0 unspecified atom stereocenters. The van der Waals surface area contributed by atoms with E-state index in [4.69, 9.17) is 0 Å². The Morgan fingerprint density at radius 3 is 2.77 bits per heavy atom. The maximum atomic E-state index is 12.2. The number of halogens is 1. The van der Waals surface area contributed by atoms with Gasteiger partial charge in [-0.3, -0.25) is 4.79 Å². The van der Waals surface area contributed by atoms with Crippen LogP contribution in [0.2, 0.25) is 0 Å². The average molecular weight is 414 g/mol. The molecule has 3 nitrogen and oxygen atoms in total. The van der Waals surface area contributed by atoms with Gasteiger partial charge in [0.15, 0.2) is 0 Å². The molecule has 0 spiro atoms. The number of carbonyl (C=O) groups excluding carboxylic acids is 1. The minimum atomic E-state index is 0.0555. The van der Waals surface area contributed by atoms with E-state index in [-0.39, 0.29) is 5.91 Å². The van der Waals surface area contributed by atoms with E-state index in [1.165, 1.54) is 38.9 Å². The maximum absolute atomic E-state index is 12.2. The normalized spacial score (nSPS) is 16.7. The van der Waals surface area contributed by atoms with Gasteiger partial charge < -0.3 is 10.2 Å². The second kappa shape index (κ2) is 8.87. The number of hydrogen-bond donors (Lipinski definition) is 1. The summed E-state index contributed by atoms with van der Waals surface area (Å²) in [5, 5.41) is 3.05. The van der Waals surface area contributed by atoms with Crippen molar-refractivity contribution in [3.05, 3.63) is 32.9 Å². The Kier molecular flexibility index (Phi) is 7.15. The molecule has 2 rings (SSSR count). The highest BCUT2D eigenvalue weighted by molar-refractivity contribution is 14.1. The first-order chi connectivity index (χ1) is 10.6. The van der Waals surface area contributed by atoms with Gasteiger partial charge in [-0.1, -0.05) is 19.1 Å². The molecule has 0 aromatic heterocycles. The summed E-state index contributed by atoms with van der Waals surface area (Å²) in [6.07, 6.45) is 4.89. The number of nitrogens with one attached hydrogen (secondary N) is 1. The number of piperidine rings is 1. The lowest BCUT2D eigenvalue weighted by Crippen LogP contribution is -2.34. The zero-order valence-electron chi connectivity index (χ0n) is 13.7. The molecule has 0 saturated carbocycles. The first-order valence-electron chi connectivity index (χ1n) is 8.33. The van der Waals surface area contributed by atoms with Crippen molar-refractivity contribution >= 4 is 28.5 Å². The van der Waals surface area contributed by atoms with E-state index in [1.54, 1.807) is 0 Å². The number of carbonyl (C=O) groups is 1. The Balaban J connectivity index is 1.64. The third-order valence-electron chi connectivity index (χ3n) is 4.50. The summed E-state index contributed by atoms with van der Waals surface area (Å²) in [5.74, 6) is 0.951. The molecular weight excluding hydrogens is 387 g/mol.